The van der Waals surface area contributed by atoms with Crippen molar-refractivity contribution >= 4 is 11.6 Å². The fourth-order valence-electron chi connectivity index (χ4n) is 2.62. The summed E-state index contributed by atoms with van der Waals surface area (Å²) in [6, 6.07) is 15.3. The second-order valence-electron chi connectivity index (χ2n) is 5.76. The Morgan fingerprint density at radius 3 is 2.44 bits per heavy atom. The third-order valence-corrected chi connectivity index (χ3v) is 3.87. The Morgan fingerprint density at radius 2 is 1.84 bits per heavy atom. The molecule has 0 atom stereocenters. The van der Waals surface area contributed by atoms with Crippen molar-refractivity contribution in [3.05, 3.63) is 66.1 Å². The molecule has 0 aliphatic carbocycles. The quantitative estimate of drug-likeness (QED) is 0.716. The molecule has 0 saturated carbocycles. The predicted molar refractivity (Wildman–Crippen MR) is 98.7 cm³/mol. The number of nitrogens with zero attached hydrogens (tertiary/aromatic N) is 1. The number of aryl methyl sites for hydroxylation is 1. The van der Waals surface area contributed by atoms with Crippen molar-refractivity contribution in [2.24, 2.45) is 0 Å². The third-order valence-electron chi connectivity index (χ3n) is 3.87. The van der Waals surface area contributed by atoms with Crippen molar-refractivity contribution in [1.82, 2.24) is 9.97 Å². The number of imidazole rings is 1. The Balaban J connectivity index is 1.60. The van der Waals surface area contributed by atoms with Crippen LogP contribution in [0, 0.1) is 6.92 Å². The van der Waals surface area contributed by atoms with Crippen LogP contribution < -0.4 is 10.1 Å². The van der Waals surface area contributed by atoms with Gasteiger partial charge in [0.2, 0.25) is 5.91 Å². The number of ether oxygens (including phenoxy) is 1. The van der Waals surface area contributed by atoms with Gasteiger partial charge in [-0.15, -0.1) is 0 Å². The summed E-state index contributed by atoms with van der Waals surface area (Å²) in [5.41, 5.74) is 4.68. The molecule has 0 aliphatic rings. The van der Waals surface area contributed by atoms with Gasteiger partial charge in [-0.3, -0.25) is 4.79 Å². The first-order chi connectivity index (χ1) is 12.2. The molecule has 25 heavy (non-hydrogen) atoms. The lowest BCUT2D eigenvalue weighted by Crippen LogP contribution is -2.14. The molecule has 0 unspecified atom stereocenters. The number of benzene rings is 2. The molecule has 5 nitrogen and oxygen atoms in total. The van der Waals surface area contributed by atoms with Gasteiger partial charge >= 0.3 is 0 Å². The molecule has 0 radical (unpaired) electrons. The van der Waals surface area contributed by atoms with Crippen LogP contribution >= 0.6 is 0 Å². The molecule has 3 aromatic rings. The summed E-state index contributed by atoms with van der Waals surface area (Å²) in [7, 11) is 0. The molecule has 0 saturated heterocycles. The Morgan fingerprint density at radius 1 is 1.12 bits per heavy atom. The summed E-state index contributed by atoms with van der Waals surface area (Å²) in [6.07, 6.45) is 2.00. The van der Waals surface area contributed by atoms with Gasteiger partial charge in [-0.25, -0.2) is 4.98 Å². The van der Waals surface area contributed by atoms with Crippen LogP contribution in [0.3, 0.4) is 0 Å². The van der Waals surface area contributed by atoms with Gasteiger partial charge in [0.05, 0.1) is 25.0 Å². The van der Waals surface area contributed by atoms with Crippen LogP contribution in [0.2, 0.25) is 0 Å². The van der Waals surface area contributed by atoms with E-state index < -0.39 is 0 Å². The van der Waals surface area contributed by atoms with E-state index in [1.54, 1.807) is 6.33 Å². The predicted octanol–water partition coefficient (Wildman–Crippen LogP) is 3.97. The smallest absolute Gasteiger partial charge is 0.228 e. The lowest BCUT2D eigenvalue weighted by molar-refractivity contribution is -0.115. The molecule has 1 amide bonds. The number of hydrogen-bond acceptors (Lipinski definition) is 3. The maximum absolute atomic E-state index is 12.2. The summed E-state index contributed by atoms with van der Waals surface area (Å²) >= 11 is 0. The van der Waals surface area contributed by atoms with Crippen LogP contribution in [0.25, 0.3) is 11.3 Å². The summed E-state index contributed by atoms with van der Waals surface area (Å²) < 4.78 is 5.40. The minimum Gasteiger partial charge on any atom is -0.494 e. The van der Waals surface area contributed by atoms with Crippen molar-refractivity contribution in [2.75, 3.05) is 11.9 Å². The van der Waals surface area contributed by atoms with E-state index in [0.717, 1.165) is 34.0 Å². The molecule has 1 aromatic heterocycles. The highest BCUT2D eigenvalue weighted by Crippen LogP contribution is 2.22. The van der Waals surface area contributed by atoms with Gasteiger partial charge in [0.1, 0.15) is 5.75 Å². The van der Waals surface area contributed by atoms with E-state index in [-0.39, 0.29) is 5.91 Å². The number of anilines is 1. The summed E-state index contributed by atoms with van der Waals surface area (Å²) in [4.78, 5) is 19.6. The molecular formula is C20H21N3O2. The lowest BCUT2D eigenvalue weighted by Gasteiger charge is -2.07. The number of carbonyl (C=O) groups excluding carboxylic acids is 1. The zero-order valence-electron chi connectivity index (χ0n) is 14.4. The van der Waals surface area contributed by atoms with Crippen LogP contribution in [0.15, 0.2) is 54.9 Å². The maximum atomic E-state index is 12.2. The number of nitrogens with one attached hydrogen (secondary N) is 2. The molecular weight excluding hydrogens is 314 g/mol. The molecule has 2 N–H and O–H groups in total. The zero-order chi connectivity index (χ0) is 17.6. The number of aromatic amines is 1. The van der Waals surface area contributed by atoms with Crippen molar-refractivity contribution in [2.45, 2.75) is 20.3 Å². The third kappa shape index (κ3) is 4.26. The van der Waals surface area contributed by atoms with Crippen LogP contribution in [0.5, 0.6) is 5.75 Å². The number of carbonyl (C=O) groups is 1. The molecule has 0 fully saturated rings. The monoisotopic (exact) mass is 335 g/mol. The Hall–Kier alpha value is -3.08. The van der Waals surface area contributed by atoms with Crippen LogP contribution in [0.1, 0.15) is 18.2 Å². The summed E-state index contributed by atoms with van der Waals surface area (Å²) in [5.74, 6) is 0.767. The molecule has 0 aliphatic heterocycles. The number of amides is 1. The molecule has 1 heterocycles. The average molecular weight is 335 g/mol. The van der Waals surface area contributed by atoms with E-state index >= 15 is 0 Å². The van der Waals surface area contributed by atoms with Crippen molar-refractivity contribution < 1.29 is 9.53 Å². The number of aromatic nitrogens is 2. The molecule has 0 spiro atoms. The average Bonchev–Trinajstić information content (AvgIpc) is 3.03. The van der Waals surface area contributed by atoms with E-state index in [0.29, 0.717) is 13.0 Å². The first kappa shape index (κ1) is 16.8. The normalized spacial score (nSPS) is 10.5. The van der Waals surface area contributed by atoms with Crippen LogP contribution in [-0.4, -0.2) is 22.5 Å². The Bertz CT molecular complexity index is 836. The number of H-pyrrole nitrogens is 1. The fraction of sp³-hybridized carbons (Fsp3) is 0.200. The highest BCUT2D eigenvalue weighted by molar-refractivity contribution is 5.92. The fourth-order valence-corrected chi connectivity index (χ4v) is 2.62. The van der Waals surface area contributed by atoms with Crippen molar-refractivity contribution in [3.63, 3.8) is 0 Å². The van der Waals surface area contributed by atoms with E-state index in [9.17, 15) is 4.79 Å². The van der Waals surface area contributed by atoms with E-state index in [1.807, 2.05) is 62.4 Å². The van der Waals surface area contributed by atoms with Gasteiger partial charge in [0.25, 0.3) is 0 Å². The molecule has 2 aromatic carbocycles. The molecule has 0 bridgehead atoms. The minimum absolute atomic E-state index is 0.0483. The SMILES string of the molecule is CCOc1ccc(CC(=O)Nc2ccc(-c3nc[nH]c3C)cc2)cc1. The van der Waals surface area contributed by atoms with Gasteiger partial charge in [-0.05, 0) is 43.7 Å². The van der Waals surface area contributed by atoms with E-state index in [4.69, 9.17) is 4.74 Å². The van der Waals surface area contributed by atoms with Gasteiger partial charge < -0.3 is 15.0 Å². The number of rotatable bonds is 6. The highest BCUT2D eigenvalue weighted by atomic mass is 16.5. The van der Waals surface area contributed by atoms with Gasteiger partial charge in [-0.1, -0.05) is 24.3 Å². The van der Waals surface area contributed by atoms with Gasteiger partial charge in [0, 0.05) is 16.9 Å². The Kier molecular flexibility index (Phi) is 5.14. The second-order valence-corrected chi connectivity index (χ2v) is 5.76. The number of hydrogen-bond donors (Lipinski definition) is 2. The molecule has 128 valence electrons. The standard InChI is InChI=1S/C20H21N3O2/c1-3-25-18-10-4-15(5-11-18)12-19(24)23-17-8-6-16(7-9-17)20-14(2)21-13-22-20/h4-11,13H,3,12H2,1-2H3,(H,21,22)(H,23,24). The first-order valence-electron chi connectivity index (χ1n) is 8.27. The van der Waals surface area contributed by atoms with Gasteiger partial charge in [-0.2, -0.15) is 0 Å². The second kappa shape index (κ2) is 7.66. The minimum atomic E-state index is -0.0483. The first-order valence-corrected chi connectivity index (χ1v) is 8.27. The van der Waals surface area contributed by atoms with E-state index in [2.05, 4.69) is 15.3 Å². The zero-order valence-corrected chi connectivity index (χ0v) is 14.4. The Labute approximate surface area is 147 Å². The maximum Gasteiger partial charge on any atom is 0.228 e. The summed E-state index contributed by atoms with van der Waals surface area (Å²) in [6.45, 7) is 4.56. The topological polar surface area (TPSA) is 67.0 Å². The largest absolute Gasteiger partial charge is 0.494 e. The summed E-state index contributed by atoms with van der Waals surface area (Å²) in [5, 5.41) is 2.92. The highest BCUT2D eigenvalue weighted by Gasteiger charge is 2.07. The van der Waals surface area contributed by atoms with Gasteiger partial charge in [0.15, 0.2) is 0 Å². The van der Waals surface area contributed by atoms with Crippen LogP contribution in [0.4, 0.5) is 5.69 Å². The van der Waals surface area contributed by atoms with Crippen molar-refractivity contribution in [3.8, 4) is 17.0 Å². The molecule has 5 heteroatoms. The van der Waals surface area contributed by atoms with Crippen molar-refractivity contribution in [1.29, 1.82) is 0 Å². The molecule has 3 rings (SSSR count). The van der Waals surface area contributed by atoms with Crippen LogP contribution in [-0.2, 0) is 11.2 Å². The lowest BCUT2D eigenvalue weighted by atomic mass is 10.1. The van der Waals surface area contributed by atoms with E-state index in [1.165, 1.54) is 0 Å².